The zero-order chi connectivity index (χ0) is 28.9. The van der Waals surface area contributed by atoms with Crippen LogP contribution in [0.4, 0.5) is 22.7 Å². The Morgan fingerprint density at radius 3 is 2.18 bits per heavy atom. The predicted molar refractivity (Wildman–Crippen MR) is 174 cm³/mol. The van der Waals surface area contributed by atoms with Crippen LogP contribution in [0.1, 0.15) is 11.1 Å². The van der Waals surface area contributed by atoms with Crippen LogP contribution in [0, 0.1) is 32.0 Å². The molecule has 0 amide bonds. The van der Waals surface area contributed by atoms with E-state index >= 15 is 0 Å². The molecule has 44 heavy (non-hydrogen) atoms. The fraction of sp³-hybridized carbons (Fsp3) is 0.0513. The van der Waals surface area contributed by atoms with Gasteiger partial charge < -0.3 is 9.30 Å². The molecule has 0 spiro atoms. The van der Waals surface area contributed by atoms with E-state index in [1.54, 1.807) is 0 Å². The van der Waals surface area contributed by atoms with Crippen LogP contribution in [0.15, 0.2) is 121 Å². The maximum Gasteiger partial charge on any atom is 0.501 e. The molecule has 0 unspecified atom stereocenters. The molecule has 214 valence electrons. The van der Waals surface area contributed by atoms with Crippen molar-refractivity contribution >= 4 is 50.6 Å². The summed E-state index contributed by atoms with van der Waals surface area (Å²) >= 11 is 0. The van der Waals surface area contributed by atoms with Crippen molar-refractivity contribution in [1.29, 1.82) is 0 Å². The van der Waals surface area contributed by atoms with Crippen molar-refractivity contribution in [1.82, 2.24) is 13.7 Å². The van der Waals surface area contributed by atoms with E-state index in [0.717, 1.165) is 44.9 Å². The monoisotopic (exact) mass is 747 g/mol. The zero-order valence-electron chi connectivity index (χ0n) is 24.1. The fourth-order valence-electron chi connectivity index (χ4n) is 5.96. The Hall–Kier alpha value is -5.01. The minimum absolute atomic E-state index is 0. The van der Waals surface area contributed by atoms with Gasteiger partial charge in [-0.05, 0) is 41.0 Å². The standard InChI is InChI=1S/C39H26N3O.Pt/c1-27-21-28(2)23-31(22-27)41-26-40(37-17-8-9-18-38(37)41)30-13-10-14-32(24-30)43-33-19-20-35-34-15-6-7-16-36(34)42(39(35)25-33)29-11-4-3-5-12-29;/h3-11,13-23H,1-2H3;/q-1;. The SMILES string of the molecule is Cc1cc(C)cc([N+]2=C=[N+](c3[c-]c(Oc4[c-]c5c(cc4)c4ccccc4n5-c4[c-]cccc4)ccc3)c3ccccc32)c1.[Pt]. The van der Waals surface area contributed by atoms with E-state index in [-0.39, 0.29) is 21.1 Å². The summed E-state index contributed by atoms with van der Waals surface area (Å²) in [5.74, 6) is 1.22. The summed E-state index contributed by atoms with van der Waals surface area (Å²) in [6.07, 6.45) is 0. The fourth-order valence-corrected chi connectivity index (χ4v) is 5.96. The first kappa shape index (κ1) is 27.8. The third-order valence-corrected chi connectivity index (χ3v) is 7.73. The molecule has 0 saturated heterocycles. The van der Waals surface area contributed by atoms with Crippen molar-refractivity contribution in [2.45, 2.75) is 13.8 Å². The predicted octanol–water partition coefficient (Wildman–Crippen LogP) is 9.45. The first-order valence-electron chi connectivity index (χ1n) is 14.3. The Balaban J connectivity index is 0.00000312. The Morgan fingerprint density at radius 2 is 1.39 bits per heavy atom. The second kappa shape index (κ2) is 11.2. The van der Waals surface area contributed by atoms with E-state index in [4.69, 9.17) is 4.74 Å². The molecule has 1 aromatic heterocycles. The molecule has 0 radical (unpaired) electrons. The van der Waals surface area contributed by atoms with Gasteiger partial charge in [-0.15, -0.1) is 29.7 Å². The smallest absolute Gasteiger partial charge is 0.501 e. The Morgan fingerprint density at radius 1 is 0.659 bits per heavy atom. The quantitative estimate of drug-likeness (QED) is 0.127. The van der Waals surface area contributed by atoms with Crippen LogP contribution in [0.2, 0.25) is 0 Å². The van der Waals surface area contributed by atoms with E-state index in [9.17, 15) is 0 Å². The van der Waals surface area contributed by atoms with Crippen molar-refractivity contribution in [2.24, 2.45) is 0 Å². The van der Waals surface area contributed by atoms with Crippen LogP contribution in [0.25, 0.3) is 27.5 Å². The van der Waals surface area contributed by atoms with Crippen LogP contribution in [0.3, 0.4) is 0 Å². The molecule has 0 bridgehead atoms. The molecule has 0 saturated carbocycles. The van der Waals surface area contributed by atoms with Crippen molar-refractivity contribution in [3.8, 4) is 17.2 Å². The molecule has 2 heterocycles. The molecule has 6 aromatic carbocycles. The minimum atomic E-state index is 0. The van der Waals surface area contributed by atoms with Gasteiger partial charge in [0.1, 0.15) is 5.69 Å². The van der Waals surface area contributed by atoms with Gasteiger partial charge in [-0.25, -0.2) is 0 Å². The second-order valence-electron chi connectivity index (χ2n) is 10.8. The van der Waals surface area contributed by atoms with Gasteiger partial charge in [0.05, 0.1) is 0 Å². The average Bonchev–Trinajstić information content (AvgIpc) is 3.57. The number of hydrogen-bond donors (Lipinski definition) is 0. The molecule has 4 nitrogen and oxygen atoms in total. The number of rotatable bonds is 5. The second-order valence-corrected chi connectivity index (χ2v) is 10.8. The number of fused-ring (bicyclic) bond motifs is 4. The van der Waals surface area contributed by atoms with Gasteiger partial charge in [-0.2, -0.15) is 36.4 Å². The molecule has 7 aromatic rings. The molecule has 1 aliphatic rings. The molecule has 8 rings (SSSR count). The van der Waals surface area contributed by atoms with Crippen molar-refractivity contribution in [3.63, 3.8) is 0 Å². The maximum absolute atomic E-state index is 6.40. The molecular formula is C39H26N3OPt-. The molecular weight excluding hydrogens is 722 g/mol. The summed E-state index contributed by atoms with van der Waals surface area (Å²) in [4.78, 5) is 0. The topological polar surface area (TPSA) is 20.2 Å². The van der Waals surface area contributed by atoms with E-state index in [0.29, 0.717) is 11.5 Å². The van der Waals surface area contributed by atoms with Crippen LogP contribution < -0.4 is 13.9 Å². The number of nitrogens with zero attached hydrogens (tertiary/aromatic N) is 3. The van der Waals surface area contributed by atoms with Gasteiger partial charge >= 0.3 is 6.01 Å². The van der Waals surface area contributed by atoms with Gasteiger partial charge in [0.2, 0.25) is 5.69 Å². The third-order valence-electron chi connectivity index (χ3n) is 7.73. The van der Waals surface area contributed by atoms with E-state index in [2.05, 4.69) is 120 Å². The van der Waals surface area contributed by atoms with Gasteiger partial charge in [-0.1, -0.05) is 64.3 Å². The average molecular weight is 748 g/mol. The van der Waals surface area contributed by atoms with Crippen LogP contribution >= 0.6 is 0 Å². The largest absolute Gasteiger partial charge is 0.509 e. The van der Waals surface area contributed by atoms with E-state index < -0.39 is 0 Å². The number of hydrogen-bond acceptors (Lipinski definition) is 1. The maximum atomic E-state index is 6.40. The van der Waals surface area contributed by atoms with Crippen LogP contribution in [0.5, 0.6) is 11.5 Å². The van der Waals surface area contributed by atoms with Gasteiger partial charge in [0, 0.05) is 62.3 Å². The van der Waals surface area contributed by atoms with Crippen molar-refractivity contribution < 1.29 is 25.8 Å². The number of benzene rings is 6. The molecule has 0 N–H and O–H groups in total. The number of ether oxygens (including phenoxy) is 1. The Bertz CT molecular complexity index is 2260. The van der Waals surface area contributed by atoms with Crippen molar-refractivity contribution in [3.05, 3.63) is 151 Å². The number of para-hydroxylation sites is 4. The summed E-state index contributed by atoms with van der Waals surface area (Å²) < 4.78 is 12.7. The van der Waals surface area contributed by atoms with Gasteiger partial charge in [0.15, 0.2) is 0 Å². The number of aromatic nitrogens is 1. The van der Waals surface area contributed by atoms with Crippen LogP contribution in [-0.4, -0.2) is 10.6 Å². The van der Waals surface area contributed by atoms with Gasteiger partial charge in [-0.3, -0.25) is 0 Å². The molecule has 1 aliphatic heterocycles. The molecule has 0 aliphatic carbocycles. The summed E-state index contributed by atoms with van der Waals surface area (Å²) in [5.41, 5.74) is 9.45. The summed E-state index contributed by atoms with van der Waals surface area (Å²) in [7, 11) is 0. The summed E-state index contributed by atoms with van der Waals surface area (Å²) in [5, 5.41) is 2.28. The molecule has 0 atom stereocenters. The third kappa shape index (κ3) is 4.79. The van der Waals surface area contributed by atoms with E-state index in [1.807, 2.05) is 53.1 Å². The first-order chi connectivity index (χ1) is 21.1. The zero-order valence-corrected chi connectivity index (χ0v) is 26.4. The van der Waals surface area contributed by atoms with Crippen molar-refractivity contribution in [2.75, 3.05) is 0 Å². The number of aryl methyl sites for hydroxylation is 2. The normalized spacial score (nSPS) is 12.0. The first-order valence-corrected chi connectivity index (χ1v) is 14.3. The Labute approximate surface area is 270 Å². The van der Waals surface area contributed by atoms with Crippen LogP contribution in [-0.2, 0) is 21.1 Å². The van der Waals surface area contributed by atoms with Gasteiger partial charge in [0.25, 0.3) is 11.4 Å². The summed E-state index contributed by atoms with van der Waals surface area (Å²) in [6.45, 7) is 4.24. The minimum Gasteiger partial charge on any atom is -0.509 e. The molecule has 0 fully saturated rings. The summed E-state index contributed by atoms with van der Waals surface area (Å²) in [6, 6.07) is 55.2. The Kier molecular flexibility index (Phi) is 7.10. The molecule has 5 heteroatoms. The van der Waals surface area contributed by atoms with E-state index in [1.165, 1.54) is 16.5 Å².